The predicted octanol–water partition coefficient (Wildman–Crippen LogP) is 1.72. The second-order valence-corrected chi connectivity index (χ2v) is 7.79. The van der Waals surface area contributed by atoms with Gasteiger partial charge in [0.15, 0.2) is 17.7 Å². The van der Waals surface area contributed by atoms with Crippen molar-refractivity contribution in [3.05, 3.63) is 12.2 Å². The summed E-state index contributed by atoms with van der Waals surface area (Å²) in [5, 5.41) is 19.1. The first-order valence-electron chi connectivity index (χ1n) is 9.61. The molecule has 0 radical (unpaired) electrons. The SMILES string of the molecule is CCCCC(CC)Cc1nc(N)c2ncn([C@@H]3O[C@H](CO)[C@@H](O)[C@H]3S)c2n1. The minimum absolute atomic E-state index is 0.278. The van der Waals surface area contributed by atoms with Crippen molar-refractivity contribution in [2.75, 3.05) is 12.3 Å². The molecule has 0 aromatic carbocycles. The number of hydrogen-bond donors (Lipinski definition) is 4. The molecule has 0 saturated carbocycles. The van der Waals surface area contributed by atoms with Crippen LogP contribution in [-0.4, -0.2) is 53.8 Å². The summed E-state index contributed by atoms with van der Waals surface area (Å²) in [7, 11) is 0. The van der Waals surface area contributed by atoms with Gasteiger partial charge in [-0.1, -0.05) is 39.5 Å². The minimum Gasteiger partial charge on any atom is -0.394 e. The maximum Gasteiger partial charge on any atom is 0.167 e. The van der Waals surface area contributed by atoms with Crippen LogP contribution in [0.3, 0.4) is 0 Å². The minimum atomic E-state index is -0.877. The first-order chi connectivity index (χ1) is 13.0. The number of nitrogen functional groups attached to an aromatic ring is 1. The van der Waals surface area contributed by atoms with Gasteiger partial charge in [-0.3, -0.25) is 4.57 Å². The Morgan fingerprint density at radius 2 is 2.15 bits per heavy atom. The van der Waals surface area contributed by atoms with Crippen LogP contribution in [0, 0.1) is 5.92 Å². The summed E-state index contributed by atoms with van der Waals surface area (Å²) in [6, 6.07) is 0. The number of anilines is 1. The third-order valence-electron chi connectivity index (χ3n) is 5.30. The van der Waals surface area contributed by atoms with Gasteiger partial charge in [-0.2, -0.15) is 12.6 Å². The highest BCUT2D eigenvalue weighted by molar-refractivity contribution is 7.81. The molecule has 4 N–H and O–H groups in total. The molecule has 2 aromatic heterocycles. The molecule has 150 valence electrons. The van der Waals surface area contributed by atoms with Crippen LogP contribution in [0.2, 0.25) is 0 Å². The van der Waals surface area contributed by atoms with Crippen LogP contribution in [0.4, 0.5) is 5.82 Å². The molecule has 2 aromatic rings. The van der Waals surface area contributed by atoms with E-state index in [-0.39, 0.29) is 6.61 Å². The summed E-state index contributed by atoms with van der Waals surface area (Å²) in [5.74, 6) is 1.55. The number of aromatic nitrogens is 4. The van der Waals surface area contributed by atoms with E-state index in [0.717, 1.165) is 19.3 Å². The second-order valence-electron chi connectivity index (χ2n) is 7.20. The molecule has 0 spiro atoms. The van der Waals surface area contributed by atoms with Gasteiger partial charge in [0, 0.05) is 6.42 Å². The number of nitrogens with zero attached hydrogens (tertiary/aromatic N) is 4. The third-order valence-corrected chi connectivity index (χ3v) is 5.86. The number of aliphatic hydroxyl groups excluding tert-OH is 2. The number of imidazole rings is 1. The zero-order valence-corrected chi connectivity index (χ0v) is 16.7. The van der Waals surface area contributed by atoms with E-state index in [1.165, 1.54) is 12.8 Å². The Bertz CT molecular complexity index is 771. The Hall–Kier alpha value is -1.42. The number of ether oxygens (including phenoxy) is 1. The number of aliphatic hydroxyl groups is 2. The number of fused-ring (bicyclic) bond motifs is 1. The fourth-order valence-electron chi connectivity index (χ4n) is 3.57. The lowest BCUT2D eigenvalue weighted by Crippen LogP contribution is -2.30. The molecule has 3 heterocycles. The molecule has 8 nitrogen and oxygen atoms in total. The average molecular weight is 396 g/mol. The number of hydrogen-bond acceptors (Lipinski definition) is 8. The smallest absolute Gasteiger partial charge is 0.167 e. The summed E-state index contributed by atoms with van der Waals surface area (Å²) in [5.41, 5.74) is 7.20. The van der Waals surface area contributed by atoms with E-state index in [4.69, 9.17) is 15.5 Å². The molecule has 1 fully saturated rings. The average Bonchev–Trinajstić information content (AvgIpc) is 3.20. The topological polar surface area (TPSA) is 119 Å². The number of nitrogens with two attached hydrogens (primary N) is 1. The normalized spacial score (nSPS) is 26.7. The summed E-state index contributed by atoms with van der Waals surface area (Å²) in [6.07, 6.45) is 4.75. The van der Waals surface area contributed by atoms with Crippen LogP contribution in [0.5, 0.6) is 0 Å². The van der Waals surface area contributed by atoms with Gasteiger partial charge >= 0.3 is 0 Å². The maximum atomic E-state index is 10.2. The Balaban J connectivity index is 1.91. The van der Waals surface area contributed by atoms with Crippen LogP contribution in [0.1, 0.15) is 51.6 Å². The van der Waals surface area contributed by atoms with E-state index in [0.29, 0.717) is 28.7 Å². The number of thiol groups is 1. The third kappa shape index (κ3) is 4.06. The van der Waals surface area contributed by atoms with E-state index in [2.05, 4.69) is 36.4 Å². The van der Waals surface area contributed by atoms with Gasteiger partial charge in [-0.05, 0) is 5.92 Å². The number of rotatable bonds is 8. The van der Waals surface area contributed by atoms with Crippen LogP contribution in [0.15, 0.2) is 6.33 Å². The Kier molecular flexibility index (Phi) is 6.56. The van der Waals surface area contributed by atoms with E-state index in [1.807, 2.05) is 0 Å². The number of unbranched alkanes of at least 4 members (excludes halogenated alkanes) is 1. The van der Waals surface area contributed by atoms with Gasteiger partial charge in [0.25, 0.3) is 0 Å². The maximum absolute atomic E-state index is 10.2. The van der Waals surface area contributed by atoms with Crippen molar-refractivity contribution in [1.29, 1.82) is 0 Å². The highest BCUT2D eigenvalue weighted by atomic mass is 32.1. The van der Waals surface area contributed by atoms with Crippen LogP contribution < -0.4 is 5.73 Å². The van der Waals surface area contributed by atoms with E-state index < -0.39 is 23.7 Å². The fourth-order valence-corrected chi connectivity index (χ4v) is 3.98. The summed E-state index contributed by atoms with van der Waals surface area (Å²) >= 11 is 4.46. The fraction of sp³-hybridized carbons (Fsp3) is 0.722. The monoisotopic (exact) mass is 395 g/mol. The zero-order chi connectivity index (χ0) is 19.6. The molecular weight excluding hydrogens is 366 g/mol. The Labute approximate surface area is 164 Å². The summed E-state index contributed by atoms with van der Waals surface area (Å²) in [6.45, 7) is 4.09. The largest absolute Gasteiger partial charge is 0.394 e. The van der Waals surface area contributed by atoms with Crippen LogP contribution >= 0.6 is 12.6 Å². The first-order valence-corrected chi connectivity index (χ1v) is 10.1. The molecule has 1 aliphatic heterocycles. The quantitative estimate of drug-likeness (QED) is 0.502. The molecular formula is C18H29N5O3S. The summed E-state index contributed by atoms with van der Waals surface area (Å²) in [4.78, 5) is 13.5. The van der Waals surface area contributed by atoms with Crippen molar-refractivity contribution in [2.24, 2.45) is 5.92 Å². The van der Waals surface area contributed by atoms with Crippen molar-refractivity contribution >= 4 is 29.6 Å². The zero-order valence-electron chi connectivity index (χ0n) is 15.8. The van der Waals surface area contributed by atoms with Crippen molar-refractivity contribution in [2.45, 2.75) is 69.6 Å². The first kappa shape index (κ1) is 20.3. The summed E-state index contributed by atoms with van der Waals surface area (Å²) < 4.78 is 7.49. The van der Waals surface area contributed by atoms with E-state index >= 15 is 0 Å². The molecule has 1 aliphatic rings. The molecule has 0 bridgehead atoms. The predicted molar refractivity (Wildman–Crippen MR) is 107 cm³/mol. The molecule has 3 rings (SSSR count). The molecule has 1 saturated heterocycles. The highest BCUT2D eigenvalue weighted by Crippen LogP contribution is 2.35. The Morgan fingerprint density at radius 3 is 2.78 bits per heavy atom. The van der Waals surface area contributed by atoms with Crippen molar-refractivity contribution < 1.29 is 14.9 Å². The Morgan fingerprint density at radius 1 is 1.37 bits per heavy atom. The van der Waals surface area contributed by atoms with Crippen molar-refractivity contribution in [3.63, 3.8) is 0 Å². The molecule has 0 aliphatic carbocycles. The standard InChI is InChI=1S/C18H29N5O3S/c1-3-5-6-10(4-2)7-12-21-16(19)13-17(22-12)23(9-20-13)18-15(27)14(25)11(8-24)26-18/h9-11,14-15,18,24-25,27H,3-8H2,1-2H3,(H2,19,21,22)/t10?,11-,14-,15-,18-/m1/s1. The molecule has 27 heavy (non-hydrogen) atoms. The van der Waals surface area contributed by atoms with Crippen LogP contribution in [-0.2, 0) is 11.2 Å². The van der Waals surface area contributed by atoms with Gasteiger partial charge in [0.1, 0.15) is 17.4 Å². The van der Waals surface area contributed by atoms with Gasteiger partial charge in [-0.15, -0.1) is 0 Å². The lowest BCUT2D eigenvalue weighted by molar-refractivity contribution is -0.0430. The molecule has 1 unspecified atom stereocenters. The second kappa shape index (κ2) is 8.72. The lowest BCUT2D eigenvalue weighted by atomic mass is 9.95. The lowest BCUT2D eigenvalue weighted by Gasteiger charge is -2.18. The van der Waals surface area contributed by atoms with Crippen molar-refractivity contribution in [1.82, 2.24) is 19.5 Å². The molecule has 5 atom stereocenters. The van der Waals surface area contributed by atoms with Gasteiger partial charge in [-0.25, -0.2) is 15.0 Å². The van der Waals surface area contributed by atoms with Crippen molar-refractivity contribution in [3.8, 4) is 0 Å². The van der Waals surface area contributed by atoms with E-state index in [9.17, 15) is 10.2 Å². The van der Waals surface area contributed by atoms with Gasteiger partial charge in [0.2, 0.25) is 0 Å². The van der Waals surface area contributed by atoms with Crippen LogP contribution in [0.25, 0.3) is 11.2 Å². The van der Waals surface area contributed by atoms with Gasteiger partial charge in [0.05, 0.1) is 24.3 Å². The van der Waals surface area contributed by atoms with Gasteiger partial charge < -0.3 is 20.7 Å². The highest BCUT2D eigenvalue weighted by Gasteiger charge is 2.43. The molecule has 0 amide bonds. The molecule has 9 heteroatoms. The van der Waals surface area contributed by atoms with E-state index in [1.54, 1.807) is 10.9 Å².